The first-order chi connectivity index (χ1) is 8.45. The van der Waals surface area contributed by atoms with Crippen LogP contribution in [0.15, 0.2) is 0 Å². The predicted octanol–water partition coefficient (Wildman–Crippen LogP) is 4.70. The van der Waals surface area contributed by atoms with Crippen LogP contribution in [-0.2, 0) is 28.9 Å². The van der Waals surface area contributed by atoms with E-state index in [2.05, 4.69) is 24.1 Å². The van der Waals surface area contributed by atoms with E-state index in [4.69, 9.17) is 9.79 Å². The summed E-state index contributed by atoms with van der Waals surface area (Å²) >= 11 is 6.95. The van der Waals surface area contributed by atoms with Gasteiger partial charge in [0.05, 0.1) is 0 Å². The number of hydrogen-bond acceptors (Lipinski definition) is 1. The number of hydrogen-bond donors (Lipinski definition) is 3. The van der Waals surface area contributed by atoms with Gasteiger partial charge in [-0.05, 0) is 11.8 Å². The summed E-state index contributed by atoms with van der Waals surface area (Å²) in [4.78, 5) is 15.7. The molecule has 0 bridgehead atoms. The third-order valence-electron chi connectivity index (χ3n) is 4.12. The van der Waals surface area contributed by atoms with E-state index in [9.17, 15) is 0 Å². The van der Waals surface area contributed by atoms with Gasteiger partial charge in [-0.1, -0.05) is 12.2 Å². The van der Waals surface area contributed by atoms with E-state index in [0.717, 1.165) is 0 Å². The minimum absolute atomic E-state index is 0.123. The van der Waals surface area contributed by atoms with Crippen LogP contribution in [0.5, 0.6) is 0 Å². The molecule has 18 heavy (non-hydrogen) atoms. The first-order valence-electron chi connectivity index (χ1n) is 7.23. The molecule has 2 rings (SSSR count). The van der Waals surface area contributed by atoms with Crippen molar-refractivity contribution in [3.63, 3.8) is 0 Å². The van der Waals surface area contributed by atoms with Gasteiger partial charge in [0.1, 0.15) is 0 Å². The van der Waals surface area contributed by atoms with Crippen LogP contribution in [0.2, 0.25) is 9.02 Å². The molecule has 0 radical (unpaired) electrons. The molecule has 0 aromatic carbocycles. The summed E-state index contributed by atoms with van der Waals surface area (Å²) in [5.41, 5.74) is -3.11. The van der Waals surface area contributed by atoms with Crippen LogP contribution in [0.4, 0.5) is 0 Å². The Kier molecular flexibility index (Phi) is 9.26. The number of thiol groups is 1. The smallest absolute Gasteiger partial charge is 0.239 e. The standard InChI is InChI=1S/2C6H11.H3O2PS2.Zn/c2*1-2-4-6-5-3-1;1-3(2,4)5;/h2*1H,2-6H2;(H3,1,2,4,5);. The summed E-state index contributed by atoms with van der Waals surface area (Å²) in [7, 11) is 0. The van der Waals surface area contributed by atoms with Crippen molar-refractivity contribution in [1.82, 2.24) is 0 Å². The van der Waals surface area contributed by atoms with E-state index in [0.29, 0.717) is 0 Å². The Hall–Kier alpha value is 1.54. The van der Waals surface area contributed by atoms with Crippen molar-refractivity contribution >= 4 is 29.7 Å². The molecule has 2 saturated carbocycles. The van der Waals surface area contributed by atoms with E-state index >= 15 is 0 Å². The van der Waals surface area contributed by atoms with E-state index in [1.165, 1.54) is 9.02 Å². The maximum absolute atomic E-state index is 7.87. The Morgan fingerprint density at radius 2 is 1.11 bits per heavy atom. The van der Waals surface area contributed by atoms with Crippen LogP contribution in [0, 0.1) is 0 Å². The average molecular weight is 362 g/mol. The minimum Gasteiger partial charge on any atom is -0.338 e. The molecule has 0 aromatic rings. The van der Waals surface area contributed by atoms with Gasteiger partial charge in [-0.25, -0.2) is 0 Å². The molecule has 6 heteroatoms. The summed E-state index contributed by atoms with van der Waals surface area (Å²) in [5, 5.41) is 0. The van der Waals surface area contributed by atoms with Crippen molar-refractivity contribution in [1.29, 1.82) is 0 Å². The molecule has 2 nitrogen and oxygen atoms in total. The van der Waals surface area contributed by atoms with Crippen LogP contribution in [-0.4, -0.2) is 9.79 Å². The quantitative estimate of drug-likeness (QED) is 0.379. The molecule has 2 N–H and O–H groups in total. The Labute approximate surface area is 129 Å². The van der Waals surface area contributed by atoms with Crippen LogP contribution in [0.25, 0.3) is 0 Å². The molecule has 2 fully saturated rings. The summed E-state index contributed by atoms with van der Waals surface area (Å²) in [6, 6.07) is 0. The van der Waals surface area contributed by atoms with E-state index in [1.54, 1.807) is 64.2 Å². The van der Waals surface area contributed by atoms with Crippen molar-refractivity contribution in [2.75, 3.05) is 0 Å². The molecule has 0 atom stereocenters. The Balaban J connectivity index is 0.000000280. The predicted molar refractivity (Wildman–Crippen MR) is 81.4 cm³/mol. The Bertz CT molecular complexity index is 237. The maximum Gasteiger partial charge on any atom is 0.239 e. The normalized spacial score (nSPS) is 22.8. The topological polar surface area (TPSA) is 40.5 Å². The summed E-state index contributed by atoms with van der Waals surface area (Å²) < 4.78 is 2.62. The Morgan fingerprint density at radius 3 is 1.39 bits per heavy atom. The fourth-order valence-electron chi connectivity index (χ4n) is 3.32. The second kappa shape index (κ2) is 9.47. The second-order valence-electron chi connectivity index (χ2n) is 5.76. The second-order valence-corrected chi connectivity index (χ2v) is 16.6. The van der Waals surface area contributed by atoms with Gasteiger partial charge in [0, 0.05) is 0 Å². The molecular weight excluding hydrogens is 337 g/mol. The molecular formula is C12H25O2PS2Zn. The maximum atomic E-state index is 7.87. The van der Waals surface area contributed by atoms with Gasteiger partial charge in [0.15, 0.2) is 0 Å². The summed E-state index contributed by atoms with van der Waals surface area (Å²) in [5.74, 6) is 0. The molecule has 0 aromatic heterocycles. The third kappa shape index (κ3) is 10.3. The summed E-state index contributed by atoms with van der Waals surface area (Å²) in [6.07, 6.45) is 15.9. The zero-order chi connectivity index (χ0) is 13.4. The third-order valence-corrected chi connectivity index (χ3v) is 10.3. The largest absolute Gasteiger partial charge is 0.338 e. The van der Waals surface area contributed by atoms with Gasteiger partial charge in [0.2, 0.25) is 5.69 Å². The monoisotopic (exact) mass is 360 g/mol. The van der Waals surface area contributed by atoms with Gasteiger partial charge >= 0.3 is 90.4 Å². The van der Waals surface area contributed by atoms with Crippen LogP contribution >= 0.6 is 17.9 Å². The van der Waals surface area contributed by atoms with Gasteiger partial charge < -0.3 is 9.79 Å². The van der Waals surface area contributed by atoms with Crippen LogP contribution < -0.4 is 0 Å². The van der Waals surface area contributed by atoms with Crippen molar-refractivity contribution < 1.29 is 26.9 Å². The molecule has 0 amide bonds. The minimum atomic E-state index is -3.11. The molecule has 0 aliphatic heterocycles. The Morgan fingerprint density at radius 1 is 0.833 bits per heavy atom. The summed E-state index contributed by atoms with van der Waals surface area (Å²) in [6.45, 7) is 0. The fourth-order valence-corrected chi connectivity index (χ4v) is 9.70. The first-order valence-corrected chi connectivity index (χ1v) is 14.5. The van der Waals surface area contributed by atoms with Crippen molar-refractivity contribution in [3.05, 3.63) is 0 Å². The van der Waals surface area contributed by atoms with E-state index in [1.807, 2.05) is 0 Å². The average Bonchev–Trinajstić information content (AvgIpc) is 2.29. The molecule has 2 aliphatic carbocycles. The van der Waals surface area contributed by atoms with Crippen molar-refractivity contribution in [3.8, 4) is 0 Å². The van der Waals surface area contributed by atoms with Gasteiger partial charge in [-0.3, -0.25) is 0 Å². The fraction of sp³-hybridized carbons (Fsp3) is 1.00. The molecule has 0 unspecified atom stereocenters. The van der Waals surface area contributed by atoms with Crippen LogP contribution in [0.1, 0.15) is 64.2 Å². The van der Waals surface area contributed by atoms with E-state index < -0.39 is 5.69 Å². The van der Waals surface area contributed by atoms with Gasteiger partial charge in [-0.2, -0.15) is 0 Å². The molecule has 104 valence electrons. The number of rotatable bonds is 2. The molecule has 0 heterocycles. The van der Waals surface area contributed by atoms with Crippen molar-refractivity contribution in [2.45, 2.75) is 73.2 Å². The molecule has 0 spiro atoms. The first kappa shape index (κ1) is 17.6. The van der Waals surface area contributed by atoms with Gasteiger partial charge in [-0.15, -0.1) is 0 Å². The van der Waals surface area contributed by atoms with Crippen molar-refractivity contribution in [2.24, 2.45) is 0 Å². The SMILES string of the molecule is C1CC[CH]([Zn][CH]2CCCCC2)CC1.OP(O)(=S)S. The van der Waals surface area contributed by atoms with E-state index in [-0.39, 0.29) is 17.1 Å². The zero-order valence-electron chi connectivity index (χ0n) is 11.1. The van der Waals surface area contributed by atoms with Crippen LogP contribution in [0.3, 0.4) is 0 Å². The molecule has 0 saturated heterocycles. The molecule has 2 aliphatic rings. The van der Waals surface area contributed by atoms with Gasteiger partial charge in [0.25, 0.3) is 0 Å². The zero-order valence-corrected chi connectivity index (χ0v) is 16.7.